The Morgan fingerprint density at radius 1 is 1.19 bits per heavy atom. The number of hydrogen-bond acceptors (Lipinski definition) is 5. The second-order valence-electron chi connectivity index (χ2n) is 8.45. The van der Waals surface area contributed by atoms with Gasteiger partial charge in [-0.1, -0.05) is 0 Å². The van der Waals surface area contributed by atoms with E-state index in [0.29, 0.717) is 42.4 Å². The van der Waals surface area contributed by atoms with E-state index in [0.717, 1.165) is 25.7 Å². The fourth-order valence-electron chi connectivity index (χ4n) is 4.53. The average molecular weight is 450 g/mol. The standard InChI is InChI=1S/C22H31N3O5S/c1-16-20(22(26)24-10-4-5-11-24)21(17(2)23(16)3)31(27,28)25(14-18-8-6-12-29-18)15-19-9-7-13-30-19/h6,8,12,19H,4-5,7,9-11,13-15H2,1-3H3/t19-/m1/s1. The summed E-state index contributed by atoms with van der Waals surface area (Å²) >= 11 is 0. The number of aromatic nitrogens is 1. The molecule has 0 aliphatic carbocycles. The lowest BCUT2D eigenvalue weighted by Crippen LogP contribution is -2.38. The Bertz CT molecular complexity index is 1030. The van der Waals surface area contributed by atoms with Gasteiger partial charge in [0.1, 0.15) is 10.7 Å². The first-order valence-electron chi connectivity index (χ1n) is 10.9. The van der Waals surface area contributed by atoms with E-state index in [-0.39, 0.29) is 30.0 Å². The summed E-state index contributed by atoms with van der Waals surface area (Å²) in [5, 5.41) is 0. The van der Waals surface area contributed by atoms with Crippen molar-refractivity contribution < 1.29 is 22.4 Å². The van der Waals surface area contributed by atoms with E-state index in [1.807, 2.05) is 6.92 Å². The van der Waals surface area contributed by atoms with E-state index in [1.165, 1.54) is 10.6 Å². The number of sulfonamides is 1. The number of nitrogens with zero attached hydrogens (tertiary/aromatic N) is 3. The first kappa shape index (κ1) is 22.1. The molecule has 2 aliphatic rings. The zero-order valence-electron chi connectivity index (χ0n) is 18.5. The summed E-state index contributed by atoms with van der Waals surface area (Å²) in [5.41, 5.74) is 1.53. The molecule has 2 saturated heterocycles. The van der Waals surface area contributed by atoms with Crippen LogP contribution in [0.25, 0.3) is 0 Å². The lowest BCUT2D eigenvalue weighted by Gasteiger charge is -2.25. The Kier molecular flexibility index (Phi) is 6.27. The Morgan fingerprint density at radius 2 is 1.94 bits per heavy atom. The molecule has 0 spiro atoms. The predicted octanol–water partition coefficient (Wildman–Crippen LogP) is 2.84. The van der Waals surface area contributed by atoms with Gasteiger partial charge in [0.2, 0.25) is 10.0 Å². The zero-order chi connectivity index (χ0) is 22.2. The molecule has 0 aromatic carbocycles. The number of rotatable bonds is 7. The van der Waals surface area contributed by atoms with E-state index < -0.39 is 10.0 Å². The first-order chi connectivity index (χ1) is 14.8. The van der Waals surface area contributed by atoms with Gasteiger partial charge in [-0.2, -0.15) is 4.31 Å². The highest BCUT2D eigenvalue weighted by atomic mass is 32.2. The van der Waals surface area contributed by atoms with Gasteiger partial charge in [0.25, 0.3) is 5.91 Å². The van der Waals surface area contributed by atoms with Crippen molar-refractivity contribution in [2.24, 2.45) is 7.05 Å². The van der Waals surface area contributed by atoms with Crippen molar-refractivity contribution in [1.82, 2.24) is 13.8 Å². The first-order valence-corrected chi connectivity index (χ1v) is 12.3. The van der Waals surface area contributed by atoms with Gasteiger partial charge in [0, 0.05) is 44.7 Å². The number of likely N-dealkylation sites (tertiary alicyclic amines) is 1. The summed E-state index contributed by atoms with van der Waals surface area (Å²) in [5.74, 6) is 0.353. The molecule has 2 aromatic heterocycles. The van der Waals surface area contributed by atoms with E-state index in [1.54, 1.807) is 35.6 Å². The maximum absolute atomic E-state index is 14.0. The molecule has 0 N–H and O–H groups in total. The SMILES string of the molecule is Cc1c(C(=O)N2CCCC2)c(S(=O)(=O)N(Cc2ccco2)C[C@H]2CCCO2)c(C)n1C. The monoisotopic (exact) mass is 449 g/mol. The van der Waals surface area contributed by atoms with Crippen molar-refractivity contribution in [3.05, 3.63) is 41.1 Å². The van der Waals surface area contributed by atoms with Gasteiger partial charge in [-0.25, -0.2) is 8.42 Å². The quantitative estimate of drug-likeness (QED) is 0.649. The maximum Gasteiger partial charge on any atom is 0.257 e. The smallest absolute Gasteiger partial charge is 0.257 e. The third-order valence-electron chi connectivity index (χ3n) is 6.47. The molecule has 2 aromatic rings. The Balaban J connectivity index is 1.77. The zero-order valence-corrected chi connectivity index (χ0v) is 19.3. The molecule has 1 atom stereocenters. The highest BCUT2D eigenvalue weighted by molar-refractivity contribution is 7.89. The van der Waals surface area contributed by atoms with Crippen LogP contribution in [0.1, 0.15) is 53.2 Å². The average Bonchev–Trinajstić information content (AvgIpc) is 3.53. The highest BCUT2D eigenvalue weighted by Gasteiger charge is 2.38. The van der Waals surface area contributed by atoms with Gasteiger partial charge in [-0.15, -0.1) is 0 Å². The topological polar surface area (TPSA) is 85.0 Å². The number of amides is 1. The van der Waals surface area contributed by atoms with Crippen molar-refractivity contribution in [3.63, 3.8) is 0 Å². The summed E-state index contributed by atoms with van der Waals surface area (Å²) in [4.78, 5) is 15.2. The minimum atomic E-state index is -3.98. The second kappa shape index (κ2) is 8.80. The van der Waals surface area contributed by atoms with Gasteiger partial charge < -0.3 is 18.6 Å². The normalized spacial score (nSPS) is 19.6. The maximum atomic E-state index is 14.0. The fraction of sp³-hybridized carbons (Fsp3) is 0.591. The third-order valence-corrected chi connectivity index (χ3v) is 8.45. The molecule has 1 amide bonds. The number of carbonyl (C=O) groups is 1. The van der Waals surface area contributed by atoms with Gasteiger partial charge in [0.15, 0.2) is 0 Å². The van der Waals surface area contributed by atoms with Crippen molar-refractivity contribution >= 4 is 15.9 Å². The lowest BCUT2D eigenvalue weighted by atomic mass is 10.2. The minimum absolute atomic E-state index is 0.0971. The van der Waals surface area contributed by atoms with Crippen molar-refractivity contribution in [2.75, 3.05) is 26.2 Å². The van der Waals surface area contributed by atoms with Crippen LogP contribution in [-0.4, -0.2) is 60.4 Å². The number of hydrogen-bond donors (Lipinski definition) is 0. The molecule has 170 valence electrons. The Labute approximate surface area is 183 Å². The van der Waals surface area contributed by atoms with Gasteiger partial charge >= 0.3 is 0 Å². The molecule has 0 bridgehead atoms. The van der Waals surface area contributed by atoms with Gasteiger partial charge in [-0.3, -0.25) is 4.79 Å². The highest BCUT2D eigenvalue weighted by Crippen LogP contribution is 2.32. The number of ether oxygens (including phenoxy) is 1. The second-order valence-corrected chi connectivity index (χ2v) is 10.3. The Hall–Kier alpha value is -2.10. The van der Waals surface area contributed by atoms with Crippen molar-refractivity contribution in [1.29, 1.82) is 0 Å². The molecule has 8 nitrogen and oxygen atoms in total. The van der Waals surface area contributed by atoms with Crippen LogP contribution in [0.5, 0.6) is 0 Å². The molecule has 4 rings (SSSR count). The van der Waals surface area contributed by atoms with Crippen LogP contribution >= 0.6 is 0 Å². The lowest BCUT2D eigenvalue weighted by molar-refractivity contribution is 0.0788. The van der Waals surface area contributed by atoms with E-state index in [9.17, 15) is 13.2 Å². The molecule has 0 saturated carbocycles. The summed E-state index contributed by atoms with van der Waals surface area (Å²) in [6.45, 7) is 5.87. The molecule has 0 radical (unpaired) electrons. The minimum Gasteiger partial charge on any atom is -0.468 e. The summed E-state index contributed by atoms with van der Waals surface area (Å²) < 4.78 is 42.4. The molecular weight excluding hydrogens is 418 g/mol. The molecule has 2 fully saturated rings. The predicted molar refractivity (Wildman–Crippen MR) is 115 cm³/mol. The summed E-state index contributed by atoms with van der Waals surface area (Å²) in [6.07, 6.45) is 5.00. The van der Waals surface area contributed by atoms with E-state index in [4.69, 9.17) is 9.15 Å². The molecule has 9 heteroatoms. The molecule has 2 aliphatic heterocycles. The van der Waals surface area contributed by atoms with E-state index in [2.05, 4.69) is 0 Å². The fourth-order valence-corrected chi connectivity index (χ4v) is 6.45. The number of furan rings is 1. The van der Waals surface area contributed by atoms with E-state index >= 15 is 0 Å². The van der Waals surface area contributed by atoms with Crippen LogP contribution in [0, 0.1) is 13.8 Å². The van der Waals surface area contributed by atoms with Crippen LogP contribution in [-0.2, 0) is 28.4 Å². The summed E-state index contributed by atoms with van der Waals surface area (Å²) in [7, 11) is -2.17. The molecule has 31 heavy (non-hydrogen) atoms. The van der Waals surface area contributed by atoms with Crippen LogP contribution in [0.3, 0.4) is 0 Å². The largest absolute Gasteiger partial charge is 0.468 e. The van der Waals surface area contributed by atoms with Crippen LogP contribution in [0.4, 0.5) is 0 Å². The van der Waals surface area contributed by atoms with Crippen molar-refractivity contribution in [2.45, 2.75) is 57.1 Å². The van der Waals surface area contributed by atoms with Crippen molar-refractivity contribution in [3.8, 4) is 0 Å². The Morgan fingerprint density at radius 3 is 2.55 bits per heavy atom. The van der Waals surface area contributed by atoms with Crippen LogP contribution in [0.15, 0.2) is 27.7 Å². The third kappa shape index (κ3) is 4.18. The molecular formula is C22H31N3O5S. The molecule has 0 unspecified atom stereocenters. The van der Waals surface area contributed by atoms with Gasteiger partial charge in [-0.05, 0) is 51.7 Å². The summed E-state index contributed by atoms with van der Waals surface area (Å²) in [6, 6.07) is 3.50. The number of carbonyl (C=O) groups excluding carboxylic acids is 1. The van der Waals surface area contributed by atoms with Gasteiger partial charge in [0.05, 0.1) is 24.5 Å². The van der Waals surface area contributed by atoms with Crippen LogP contribution in [0.2, 0.25) is 0 Å². The molecule has 4 heterocycles. The van der Waals surface area contributed by atoms with Crippen LogP contribution < -0.4 is 0 Å².